The van der Waals surface area contributed by atoms with Gasteiger partial charge in [-0.1, -0.05) is 0 Å². The molecule has 10 nitrogen and oxygen atoms in total. The van der Waals surface area contributed by atoms with Crippen LogP contribution in [0.5, 0.6) is 0 Å². The fourth-order valence-electron chi connectivity index (χ4n) is 4.63. The molecular weight excluding hydrogens is 496 g/mol. The minimum Gasteiger partial charge on any atom is -0.460 e. The molecule has 0 amide bonds. The van der Waals surface area contributed by atoms with Gasteiger partial charge in [0, 0.05) is 56.9 Å². The van der Waals surface area contributed by atoms with Crippen LogP contribution in [-0.2, 0) is 39.6 Å². The average Bonchev–Trinajstić information content (AvgIpc) is 3.20. The maximum absolute atomic E-state index is 13.0. The summed E-state index contributed by atoms with van der Waals surface area (Å²) in [4.78, 5) is 31.9. The Morgan fingerprint density at radius 2 is 1.97 bits per heavy atom. The van der Waals surface area contributed by atoms with Gasteiger partial charge in [0.25, 0.3) is 5.56 Å². The minimum atomic E-state index is -3.24. The van der Waals surface area contributed by atoms with Gasteiger partial charge in [-0.25, -0.2) is 8.42 Å². The highest BCUT2D eigenvalue weighted by Gasteiger charge is 2.29. The van der Waals surface area contributed by atoms with Gasteiger partial charge in [0.1, 0.15) is 16.9 Å². The summed E-state index contributed by atoms with van der Waals surface area (Å²) in [7, 11) is -1.56. The zero-order valence-corrected chi connectivity index (χ0v) is 23.0. The van der Waals surface area contributed by atoms with Gasteiger partial charge >= 0.3 is 5.97 Å². The van der Waals surface area contributed by atoms with Gasteiger partial charge in [-0.15, -0.1) is 0 Å². The van der Waals surface area contributed by atoms with E-state index in [0.29, 0.717) is 54.0 Å². The van der Waals surface area contributed by atoms with E-state index in [0.717, 1.165) is 5.56 Å². The normalized spacial score (nSPS) is 17.8. The fourth-order valence-corrected chi connectivity index (χ4v) is 5.53. The number of ether oxygens (including phenoxy) is 1. The summed E-state index contributed by atoms with van der Waals surface area (Å²) in [6.07, 6.45) is 6.22. The summed E-state index contributed by atoms with van der Waals surface area (Å²) in [6.45, 7) is 9.23. The Morgan fingerprint density at radius 3 is 2.62 bits per heavy atom. The van der Waals surface area contributed by atoms with Crippen molar-refractivity contribution in [3.8, 4) is 11.1 Å². The Bertz CT molecular complexity index is 1480. The SMILES string of the molecule is C[C@@H]1CN(S(C)(=O)=O)CCN1Cc1cc2c(=O)n(C)cc(-c3ccncc3CC(=O)OC(C)(C)C)c2o1. The fraction of sp³-hybridized carbons (Fsp3) is 0.500. The number of piperazine rings is 1. The topological polar surface area (TPSA) is 115 Å². The van der Waals surface area contributed by atoms with Crippen molar-refractivity contribution in [1.82, 2.24) is 18.8 Å². The van der Waals surface area contributed by atoms with Crippen LogP contribution in [0.1, 0.15) is 39.0 Å². The molecule has 1 saturated heterocycles. The number of furan rings is 1. The second-order valence-corrected chi connectivity index (χ2v) is 12.6. The molecule has 11 heteroatoms. The van der Waals surface area contributed by atoms with Gasteiger partial charge in [0.15, 0.2) is 0 Å². The molecule has 0 aliphatic carbocycles. The molecule has 0 saturated carbocycles. The highest BCUT2D eigenvalue weighted by molar-refractivity contribution is 7.88. The van der Waals surface area contributed by atoms with Crippen LogP contribution in [0.3, 0.4) is 0 Å². The molecule has 1 aliphatic rings. The number of pyridine rings is 2. The molecule has 4 heterocycles. The largest absolute Gasteiger partial charge is 0.460 e. The second kappa shape index (κ2) is 10.0. The number of carbonyl (C=O) groups is 1. The summed E-state index contributed by atoms with van der Waals surface area (Å²) >= 11 is 0. The van der Waals surface area contributed by atoms with Gasteiger partial charge in [-0.3, -0.25) is 19.5 Å². The molecule has 3 aromatic heterocycles. The first-order valence-corrected chi connectivity index (χ1v) is 14.0. The number of sulfonamides is 1. The Morgan fingerprint density at radius 1 is 1.24 bits per heavy atom. The third-order valence-corrected chi connectivity index (χ3v) is 7.68. The highest BCUT2D eigenvalue weighted by atomic mass is 32.2. The average molecular weight is 531 g/mol. The standard InChI is InChI=1S/C26H34N4O6S/c1-17-14-30(37(6,33)34)10-9-29(17)15-19-12-21-24(35-19)22(16-28(5)25(21)32)20-7-8-27-13-18(20)11-23(31)36-26(2,3)4/h7-8,12-13,16-17H,9-11,14-15H2,1-6H3/t17-/m1/s1. The van der Waals surface area contributed by atoms with Crippen LogP contribution in [0.2, 0.25) is 0 Å². The van der Waals surface area contributed by atoms with E-state index in [1.54, 1.807) is 37.8 Å². The first-order valence-electron chi connectivity index (χ1n) is 12.2. The molecule has 4 rings (SSSR count). The molecule has 1 atom stereocenters. The number of hydrogen-bond acceptors (Lipinski definition) is 8. The Balaban J connectivity index is 1.68. The number of hydrogen-bond donors (Lipinski definition) is 0. The Labute approximate surface area is 216 Å². The van der Waals surface area contributed by atoms with Gasteiger partial charge in [-0.05, 0) is 51.0 Å². The van der Waals surface area contributed by atoms with Crippen LogP contribution >= 0.6 is 0 Å². The molecule has 0 N–H and O–H groups in total. The lowest BCUT2D eigenvalue weighted by atomic mass is 10.00. The van der Waals surface area contributed by atoms with E-state index in [1.165, 1.54) is 15.1 Å². The Hall–Kier alpha value is -3.02. The van der Waals surface area contributed by atoms with Crippen molar-refractivity contribution in [2.75, 3.05) is 25.9 Å². The summed E-state index contributed by atoms with van der Waals surface area (Å²) in [5, 5.41) is 0.442. The lowest BCUT2D eigenvalue weighted by molar-refractivity contribution is -0.153. The van der Waals surface area contributed by atoms with E-state index in [1.807, 2.05) is 27.7 Å². The number of esters is 1. The first kappa shape index (κ1) is 27.0. The molecule has 0 spiro atoms. The molecular formula is C26H34N4O6S. The molecule has 0 bridgehead atoms. The predicted molar refractivity (Wildman–Crippen MR) is 141 cm³/mol. The van der Waals surface area contributed by atoms with Gasteiger partial charge in [0.05, 0.1) is 24.6 Å². The quantitative estimate of drug-likeness (QED) is 0.447. The number of rotatable bonds is 6. The van der Waals surface area contributed by atoms with Crippen LogP contribution in [0.25, 0.3) is 22.1 Å². The van der Waals surface area contributed by atoms with Crippen molar-refractivity contribution < 1.29 is 22.4 Å². The number of nitrogens with zero attached hydrogens (tertiary/aromatic N) is 4. The van der Waals surface area contributed by atoms with Crippen LogP contribution in [-0.4, -0.2) is 70.7 Å². The number of carbonyl (C=O) groups excluding carboxylic acids is 1. The van der Waals surface area contributed by atoms with Gasteiger partial charge in [-0.2, -0.15) is 4.31 Å². The van der Waals surface area contributed by atoms with E-state index in [4.69, 9.17) is 9.15 Å². The van der Waals surface area contributed by atoms with E-state index in [9.17, 15) is 18.0 Å². The van der Waals surface area contributed by atoms with E-state index in [2.05, 4.69) is 9.88 Å². The van der Waals surface area contributed by atoms with Crippen LogP contribution in [0.4, 0.5) is 0 Å². The van der Waals surface area contributed by atoms with Crippen LogP contribution in [0, 0.1) is 0 Å². The molecule has 3 aromatic rings. The monoisotopic (exact) mass is 530 g/mol. The van der Waals surface area contributed by atoms with Crippen molar-refractivity contribution in [2.24, 2.45) is 7.05 Å². The molecule has 1 fully saturated rings. The minimum absolute atomic E-state index is 0.0142. The van der Waals surface area contributed by atoms with Crippen LogP contribution < -0.4 is 5.56 Å². The smallest absolute Gasteiger partial charge is 0.310 e. The van der Waals surface area contributed by atoms with Gasteiger partial charge in [0.2, 0.25) is 10.0 Å². The third-order valence-electron chi connectivity index (χ3n) is 6.41. The highest BCUT2D eigenvalue weighted by Crippen LogP contribution is 2.32. The van der Waals surface area contributed by atoms with E-state index >= 15 is 0 Å². The maximum Gasteiger partial charge on any atom is 0.310 e. The number of fused-ring (bicyclic) bond motifs is 1. The molecule has 37 heavy (non-hydrogen) atoms. The zero-order valence-electron chi connectivity index (χ0n) is 22.1. The summed E-state index contributed by atoms with van der Waals surface area (Å²) in [6, 6.07) is 3.54. The second-order valence-electron chi connectivity index (χ2n) is 10.7. The number of aromatic nitrogens is 2. The van der Waals surface area contributed by atoms with Crippen LogP contribution in [0.15, 0.2) is 39.9 Å². The van der Waals surface area contributed by atoms with Crippen molar-refractivity contribution in [2.45, 2.75) is 52.3 Å². The molecule has 0 unspecified atom stereocenters. The van der Waals surface area contributed by atoms with E-state index in [-0.39, 0.29) is 24.0 Å². The molecule has 1 aliphatic heterocycles. The van der Waals surface area contributed by atoms with Crippen molar-refractivity contribution in [1.29, 1.82) is 0 Å². The summed E-state index contributed by atoms with van der Waals surface area (Å²) < 4.78 is 38.6. The maximum atomic E-state index is 13.0. The molecule has 200 valence electrons. The molecule has 0 radical (unpaired) electrons. The Kier molecular flexibility index (Phi) is 7.33. The lowest BCUT2D eigenvalue weighted by Crippen LogP contribution is -2.52. The van der Waals surface area contributed by atoms with Crippen molar-refractivity contribution in [3.63, 3.8) is 0 Å². The molecule has 0 aromatic carbocycles. The van der Waals surface area contributed by atoms with E-state index < -0.39 is 15.6 Å². The lowest BCUT2D eigenvalue weighted by Gasteiger charge is -2.38. The van der Waals surface area contributed by atoms with Crippen molar-refractivity contribution in [3.05, 3.63) is 52.4 Å². The summed E-state index contributed by atoms with van der Waals surface area (Å²) in [5.41, 5.74) is 1.73. The van der Waals surface area contributed by atoms with Crippen molar-refractivity contribution >= 4 is 27.0 Å². The van der Waals surface area contributed by atoms with Gasteiger partial charge < -0.3 is 13.7 Å². The first-order chi connectivity index (χ1) is 17.2. The predicted octanol–water partition coefficient (Wildman–Crippen LogP) is 2.54. The third kappa shape index (κ3) is 6.11. The number of aryl methyl sites for hydroxylation is 1. The summed E-state index contributed by atoms with van der Waals surface area (Å²) in [5.74, 6) is 0.243. The zero-order chi connectivity index (χ0) is 27.1.